The van der Waals surface area contributed by atoms with Crippen molar-refractivity contribution in [1.82, 2.24) is 4.90 Å². The molecule has 3 nitrogen and oxygen atoms in total. The first-order valence-corrected chi connectivity index (χ1v) is 13.0. The van der Waals surface area contributed by atoms with Gasteiger partial charge in [-0.15, -0.1) is 0 Å². The molecule has 182 valence electrons. The second-order valence-electron chi connectivity index (χ2n) is 11.6. The number of fused-ring (bicyclic) bond motifs is 1. The number of nitrogens with zero attached hydrogens (tertiary/aromatic N) is 1. The molecule has 1 heterocycles. The van der Waals surface area contributed by atoms with Crippen LogP contribution in [0.3, 0.4) is 0 Å². The molecule has 3 aliphatic carbocycles. The molecule has 2 N–H and O–H groups in total. The van der Waals surface area contributed by atoms with Gasteiger partial charge in [-0.1, -0.05) is 37.1 Å². The number of aliphatic hydroxyl groups is 2. The van der Waals surface area contributed by atoms with Gasteiger partial charge < -0.3 is 15.1 Å². The molecule has 0 radical (unpaired) electrons. The average molecular weight is 452 g/mol. The van der Waals surface area contributed by atoms with Gasteiger partial charge in [0.05, 0.1) is 12.2 Å². The highest BCUT2D eigenvalue weighted by molar-refractivity contribution is 5.26. The fourth-order valence-electron chi connectivity index (χ4n) is 7.80. The summed E-state index contributed by atoms with van der Waals surface area (Å²) in [7, 11) is 0. The molecule has 0 aromatic heterocycles. The molecule has 0 aromatic carbocycles. The van der Waals surface area contributed by atoms with E-state index in [0.717, 1.165) is 32.5 Å². The predicted molar refractivity (Wildman–Crippen MR) is 125 cm³/mol. The summed E-state index contributed by atoms with van der Waals surface area (Å²) in [5.74, 6) is 2.08. The number of alkyl halides is 2. The molecule has 1 saturated heterocycles. The number of rotatable bonds is 6. The van der Waals surface area contributed by atoms with Crippen molar-refractivity contribution in [3.63, 3.8) is 0 Å². The van der Waals surface area contributed by atoms with E-state index in [-0.39, 0.29) is 12.3 Å². The molecule has 0 spiro atoms. The minimum absolute atomic E-state index is 0.0613. The van der Waals surface area contributed by atoms with Crippen LogP contribution < -0.4 is 0 Å². The summed E-state index contributed by atoms with van der Waals surface area (Å²) in [5.41, 5.74) is 3.07. The molecular formula is C27H43F2NO2. The zero-order valence-corrected chi connectivity index (χ0v) is 20.0. The number of halogens is 2. The van der Waals surface area contributed by atoms with E-state index in [9.17, 15) is 19.0 Å². The quantitative estimate of drug-likeness (QED) is 0.554. The van der Waals surface area contributed by atoms with Gasteiger partial charge >= 0.3 is 0 Å². The van der Waals surface area contributed by atoms with Gasteiger partial charge in [-0.3, -0.25) is 0 Å². The Labute approximate surface area is 193 Å². The summed E-state index contributed by atoms with van der Waals surface area (Å²) in [6, 6.07) is 0. The molecule has 5 heteroatoms. The van der Waals surface area contributed by atoms with E-state index in [1.165, 1.54) is 31.3 Å². The maximum absolute atomic E-state index is 12.8. The fourth-order valence-corrected chi connectivity index (χ4v) is 7.80. The van der Waals surface area contributed by atoms with Crippen molar-refractivity contribution in [3.8, 4) is 0 Å². The third kappa shape index (κ3) is 5.47. The summed E-state index contributed by atoms with van der Waals surface area (Å²) >= 11 is 0. The van der Waals surface area contributed by atoms with Crippen LogP contribution in [0.5, 0.6) is 0 Å². The van der Waals surface area contributed by atoms with Crippen molar-refractivity contribution in [2.24, 2.45) is 29.1 Å². The minimum atomic E-state index is -2.17. The zero-order chi connectivity index (χ0) is 22.9. The fraction of sp³-hybridized carbons (Fsp3) is 0.852. The monoisotopic (exact) mass is 451 g/mol. The highest BCUT2D eigenvalue weighted by Crippen LogP contribution is 2.59. The van der Waals surface area contributed by atoms with Gasteiger partial charge in [-0.2, -0.15) is 0 Å². The molecule has 4 rings (SSSR count). The van der Waals surface area contributed by atoms with Crippen LogP contribution in [-0.2, 0) is 0 Å². The largest absolute Gasteiger partial charge is 0.393 e. The Balaban J connectivity index is 1.39. The lowest BCUT2D eigenvalue weighted by Gasteiger charge is -2.45. The Kier molecular flexibility index (Phi) is 7.78. The Morgan fingerprint density at radius 1 is 1.12 bits per heavy atom. The van der Waals surface area contributed by atoms with E-state index < -0.39 is 18.6 Å². The van der Waals surface area contributed by atoms with Gasteiger partial charge in [-0.05, 0) is 93.4 Å². The van der Waals surface area contributed by atoms with Crippen molar-refractivity contribution in [3.05, 3.63) is 23.3 Å². The van der Waals surface area contributed by atoms with Gasteiger partial charge in [0.1, 0.15) is 0 Å². The Morgan fingerprint density at radius 2 is 1.88 bits per heavy atom. The zero-order valence-electron chi connectivity index (χ0n) is 20.0. The highest BCUT2D eigenvalue weighted by atomic mass is 19.3. The average Bonchev–Trinajstić information content (AvgIpc) is 3.28. The molecule has 32 heavy (non-hydrogen) atoms. The van der Waals surface area contributed by atoms with Crippen molar-refractivity contribution >= 4 is 0 Å². The molecule has 0 amide bonds. The maximum Gasteiger partial charge on any atom is 0.238 e. The van der Waals surface area contributed by atoms with Crippen molar-refractivity contribution in [2.45, 2.75) is 96.7 Å². The van der Waals surface area contributed by atoms with Crippen LogP contribution in [0.2, 0.25) is 0 Å². The SMILES string of the molecule is CC(CN1CCC(CC(F)F)C1)[C@H]1CC[C@H]2C(=CC=C3C[C@@H](O)C[C@@H](O)C3)CCC[C@]12C. The van der Waals surface area contributed by atoms with Crippen molar-refractivity contribution < 1.29 is 19.0 Å². The van der Waals surface area contributed by atoms with E-state index in [2.05, 4.69) is 30.9 Å². The second-order valence-corrected chi connectivity index (χ2v) is 11.6. The standard InChI is InChI=1S/C27H43F2NO2/c1-18(16-30-11-9-20(17-30)14-26(28)29)24-7-8-25-21(4-3-10-27(24,25)2)6-5-19-12-22(31)15-23(32)13-19/h5-6,18,20,22-26,31-32H,3-4,7-17H2,1-2H3/t18?,20?,22-,23+,24-,25+,27-/m1/s1. The lowest BCUT2D eigenvalue weighted by molar-refractivity contribution is 0.0609. The van der Waals surface area contributed by atoms with E-state index in [4.69, 9.17) is 0 Å². The Morgan fingerprint density at radius 3 is 2.59 bits per heavy atom. The predicted octanol–water partition coefficient (Wildman–Crippen LogP) is 5.57. The molecule has 0 aromatic rings. The van der Waals surface area contributed by atoms with E-state index in [1.54, 1.807) is 5.57 Å². The first-order chi connectivity index (χ1) is 15.2. The van der Waals surface area contributed by atoms with E-state index in [1.807, 2.05) is 0 Å². The summed E-state index contributed by atoms with van der Waals surface area (Å²) in [5, 5.41) is 20.0. The number of hydrogen-bond acceptors (Lipinski definition) is 3. The van der Waals surface area contributed by atoms with Crippen LogP contribution in [-0.4, -0.2) is 53.4 Å². The summed E-state index contributed by atoms with van der Waals surface area (Å²) in [6.45, 7) is 7.77. The number of hydrogen-bond donors (Lipinski definition) is 2. The summed E-state index contributed by atoms with van der Waals surface area (Å²) in [6.07, 6.45) is 10.6. The van der Waals surface area contributed by atoms with Gasteiger partial charge in [-0.25, -0.2) is 8.78 Å². The lowest BCUT2D eigenvalue weighted by Crippen LogP contribution is -2.39. The molecular weight excluding hydrogens is 408 g/mol. The van der Waals surface area contributed by atoms with Crippen LogP contribution in [0.15, 0.2) is 23.3 Å². The smallest absolute Gasteiger partial charge is 0.238 e. The first-order valence-electron chi connectivity index (χ1n) is 13.0. The molecule has 4 aliphatic rings. The normalized spacial score (nSPS) is 42.2. The molecule has 3 saturated carbocycles. The third-order valence-corrected chi connectivity index (χ3v) is 9.23. The molecule has 2 unspecified atom stereocenters. The number of aliphatic hydroxyl groups excluding tert-OH is 2. The first kappa shape index (κ1) is 24.3. The Bertz CT molecular complexity index is 696. The lowest BCUT2D eigenvalue weighted by atomic mass is 9.61. The van der Waals surface area contributed by atoms with Gasteiger partial charge in [0, 0.05) is 19.5 Å². The van der Waals surface area contributed by atoms with Crippen molar-refractivity contribution in [1.29, 1.82) is 0 Å². The molecule has 4 fully saturated rings. The van der Waals surface area contributed by atoms with Gasteiger partial charge in [0.25, 0.3) is 0 Å². The van der Waals surface area contributed by atoms with Crippen LogP contribution in [0.25, 0.3) is 0 Å². The molecule has 0 bridgehead atoms. The van der Waals surface area contributed by atoms with Gasteiger partial charge in [0.2, 0.25) is 6.43 Å². The molecule has 7 atom stereocenters. The number of likely N-dealkylation sites (tertiary alicyclic amines) is 1. The molecule has 1 aliphatic heterocycles. The summed E-state index contributed by atoms with van der Waals surface area (Å²) < 4.78 is 25.5. The van der Waals surface area contributed by atoms with Gasteiger partial charge in [0.15, 0.2) is 0 Å². The minimum Gasteiger partial charge on any atom is -0.393 e. The van der Waals surface area contributed by atoms with E-state index in [0.29, 0.717) is 42.4 Å². The van der Waals surface area contributed by atoms with Crippen LogP contribution >= 0.6 is 0 Å². The van der Waals surface area contributed by atoms with E-state index >= 15 is 0 Å². The highest BCUT2D eigenvalue weighted by Gasteiger charge is 2.50. The van der Waals surface area contributed by atoms with Crippen LogP contribution in [0, 0.1) is 29.1 Å². The van der Waals surface area contributed by atoms with Crippen molar-refractivity contribution in [2.75, 3.05) is 19.6 Å². The third-order valence-electron chi connectivity index (χ3n) is 9.23. The number of allylic oxidation sites excluding steroid dienone is 3. The topological polar surface area (TPSA) is 43.7 Å². The maximum atomic E-state index is 12.8. The van der Waals surface area contributed by atoms with Crippen LogP contribution in [0.1, 0.15) is 78.1 Å². The van der Waals surface area contributed by atoms with Crippen LogP contribution in [0.4, 0.5) is 8.78 Å². The second kappa shape index (κ2) is 10.2. The summed E-state index contributed by atoms with van der Waals surface area (Å²) in [4.78, 5) is 2.44. The Hall–Kier alpha value is -0.780.